The van der Waals surface area contributed by atoms with Crippen molar-refractivity contribution < 1.29 is 9.18 Å². The molecule has 0 unspecified atom stereocenters. The zero-order chi connectivity index (χ0) is 16.2. The Kier molecular flexibility index (Phi) is 4.47. The molecule has 3 aromatic rings. The molecule has 0 bridgehead atoms. The molecular weight excluding hydrogens is 315 g/mol. The highest BCUT2D eigenvalue weighted by Crippen LogP contribution is 2.22. The van der Waals surface area contributed by atoms with Gasteiger partial charge in [0, 0.05) is 30.6 Å². The molecule has 0 spiro atoms. The highest BCUT2D eigenvalue weighted by molar-refractivity contribution is 7.99. The third kappa shape index (κ3) is 3.45. The van der Waals surface area contributed by atoms with Gasteiger partial charge in [0.25, 0.3) is 0 Å². The van der Waals surface area contributed by atoms with Gasteiger partial charge in [-0.15, -0.1) is 10.2 Å². The highest BCUT2D eigenvalue weighted by Gasteiger charge is 2.13. The van der Waals surface area contributed by atoms with Crippen molar-refractivity contribution in [1.82, 2.24) is 19.7 Å². The van der Waals surface area contributed by atoms with Crippen LogP contribution in [0.25, 0.3) is 11.4 Å². The molecule has 0 N–H and O–H groups in total. The lowest BCUT2D eigenvalue weighted by atomic mass is 10.1. The Hall–Kier alpha value is -2.54. The van der Waals surface area contributed by atoms with E-state index in [4.69, 9.17) is 0 Å². The maximum atomic E-state index is 12.9. The number of aromatic nitrogens is 4. The van der Waals surface area contributed by atoms with E-state index in [1.54, 1.807) is 12.4 Å². The molecule has 1 aromatic carbocycles. The first kappa shape index (κ1) is 15.4. The SMILES string of the molecule is Cn1c(SCC(=O)c2ccc(F)cc2)nnc1-c1ccncc1. The zero-order valence-corrected chi connectivity index (χ0v) is 13.1. The molecule has 116 valence electrons. The van der Waals surface area contributed by atoms with Crippen molar-refractivity contribution in [2.75, 3.05) is 5.75 Å². The van der Waals surface area contributed by atoms with Crippen LogP contribution in [0.5, 0.6) is 0 Å². The van der Waals surface area contributed by atoms with Gasteiger partial charge in [0.2, 0.25) is 0 Å². The molecular formula is C16H13FN4OS. The number of ketones is 1. The predicted molar refractivity (Wildman–Crippen MR) is 85.7 cm³/mol. The molecule has 23 heavy (non-hydrogen) atoms. The Bertz CT molecular complexity index is 818. The van der Waals surface area contributed by atoms with Crippen LogP contribution in [0.2, 0.25) is 0 Å². The predicted octanol–water partition coefficient (Wildman–Crippen LogP) is 2.99. The minimum atomic E-state index is -0.357. The first-order valence-corrected chi connectivity index (χ1v) is 7.85. The monoisotopic (exact) mass is 328 g/mol. The largest absolute Gasteiger partial charge is 0.305 e. The van der Waals surface area contributed by atoms with Crippen molar-refractivity contribution in [3.8, 4) is 11.4 Å². The Balaban J connectivity index is 1.71. The highest BCUT2D eigenvalue weighted by atomic mass is 32.2. The van der Waals surface area contributed by atoms with E-state index in [1.165, 1.54) is 36.0 Å². The van der Waals surface area contributed by atoms with Crippen LogP contribution < -0.4 is 0 Å². The van der Waals surface area contributed by atoms with Gasteiger partial charge < -0.3 is 4.57 Å². The maximum Gasteiger partial charge on any atom is 0.191 e. The van der Waals surface area contributed by atoms with Crippen LogP contribution in [0.15, 0.2) is 53.9 Å². The van der Waals surface area contributed by atoms with Crippen LogP contribution in [0.1, 0.15) is 10.4 Å². The van der Waals surface area contributed by atoms with E-state index in [0.717, 1.165) is 5.56 Å². The molecule has 5 nitrogen and oxygen atoms in total. The first-order chi connectivity index (χ1) is 11.1. The maximum absolute atomic E-state index is 12.9. The van der Waals surface area contributed by atoms with E-state index in [2.05, 4.69) is 15.2 Å². The topological polar surface area (TPSA) is 60.7 Å². The third-order valence-corrected chi connectivity index (χ3v) is 4.29. The molecule has 0 saturated carbocycles. The van der Waals surface area contributed by atoms with Crippen molar-refractivity contribution in [2.45, 2.75) is 5.16 Å². The average Bonchev–Trinajstić information content (AvgIpc) is 2.95. The van der Waals surface area contributed by atoms with E-state index in [0.29, 0.717) is 16.5 Å². The van der Waals surface area contributed by atoms with E-state index in [-0.39, 0.29) is 17.4 Å². The molecule has 0 fully saturated rings. The second-order valence-corrected chi connectivity index (χ2v) is 5.76. The standard InChI is InChI=1S/C16H13FN4OS/c1-21-15(12-6-8-18-9-7-12)19-20-16(21)23-10-14(22)11-2-4-13(17)5-3-11/h2-9H,10H2,1H3. The minimum absolute atomic E-state index is 0.0801. The molecule has 0 atom stereocenters. The number of hydrogen-bond acceptors (Lipinski definition) is 5. The van der Waals surface area contributed by atoms with Gasteiger partial charge in [-0.05, 0) is 36.4 Å². The van der Waals surface area contributed by atoms with Crippen LogP contribution in [-0.4, -0.2) is 31.3 Å². The van der Waals surface area contributed by atoms with Crippen molar-refractivity contribution >= 4 is 17.5 Å². The van der Waals surface area contributed by atoms with Gasteiger partial charge in [0.15, 0.2) is 16.8 Å². The van der Waals surface area contributed by atoms with Crippen LogP contribution in [-0.2, 0) is 7.05 Å². The van der Waals surface area contributed by atoms with E-state index < -0.39 is 0 Å². The summed E-state index contributed by atoms with van der Waals surface area (Å²) in [5.41, 5.74) is 1.39. The number of carbonyl (C=O) groups excluding carboxylic acids is 1. The molecule has 0 amide bonds. The lowest BCUT2D eigenvalue weighted by Gasteiger charge is -2.03. The molecule has 0 saturated heterocycles. The molecule has 2 heterocycles. The van der Waals surface area contributed by atoms with Gasteiger partial charge >= 0.3 is 0 Å². The van der Waals surface area contributed by atoms with E-state index in [1.807, 2.05) is 23.7 Å². The van der Waals surface area contributed by atoms with E-state index in [9.17, 15) is 9.18 Å². The molecule has 0 aliphatic heterocycles. The first-order valence-electron chi connectivity index (χ1n) is 6.86. The Morgan fingerprint density at radius 2 is 1.83 bits per heavy atom. The number of halogens is 1. The molecule has 7 heteroatoms. The van der Waals surface area contributed by atoms with Gasteiger partial charge in [-0.3, -0.25) is 9.78 Å². The van der Waals surface area contributed by atoms with Crippen molar-refractivity contribution in [3.63, 3.8) is 0 Å². The van der Waals surface area contributed by atoms with E-state index >= 15 is 0 Å². The van der Waals surface area contributed by atoms with Crippen molar-refractivity contribution in [1.29, 1.82) is 0 Å². The van der Waals surface area contributed by atoms with Gasteiger partial charge in [-0.1, -0.05) is 11.8 Å². The van der Waals surface area contributed by atoms with Crippen molar-refractivity contribution in [3.05, 3.63) is 60.2 Å². The fourth-order valence-electron chi connectivity index (χ4n) is 2.04. The number of Topliss-reactive ketones (excluding diaryl/α,β-unsaturated/α-hetero) is 1. The normalized spacial score (nSPS) is 10.7. The fraction of sp³-hybridized carbons (Fsp3) is 0.125. The summed E-state index contributed by atoms with van der Waals surface area (Å²) in [5.74, 6) is 0.491. The van der Waals surface area contributed by atoms with Gasteiger partial charge in [0.05, 0.1) is 5.75 Å². The summed E-state index contributed by atoms with van der Waals surface area (Å²) in [6, 6.07) is 9.22. The number of thioether (sulfide) groups is 1. The number of nitrogens with zero attached hydrogens (tertiary/aromatic N) is 4. The van der Waals surface area contributed by atoms with Crippen LogP contribution in [0.3, 0.4) is 0 Å². The molecule has 3 rings (SSSR count). The summed E-state index contributed by atoms with van der Waals surface area (Å²) >= 11 is 1.30. The molecule has 2 aromatic heterocycles. The quantitative estimate of drug-likeness (QED) is 0.532. The summed E-state index contributed by atoms with van der Waals surface area (Å²) in [4.78, 5) is 16.1. The number of benzene rings is 1. The summed E-state index contributed by atoms with van der Waals surface area (Å²) < 4.78 is 14.7. The molecule has 0 aliphatic carbocycles. The summed E-state index contributed by atoms with van der Waals surface area (Å²) in [7, 11) is 1.85. The van der Waals surface area contributed by atoms with Crippen LogP contribution >= 0.6 is 11.8 Å². The summed E-state index contributed by atoms with van der Waals surface area (Å²) in [5, 5.41) is 8.91. The molecule has 0 aliphatic rings. The average molecular weight is 328 g/mol. The smallest absolute Gasteiger partial charge is 0.191 e. The van der Waals surface area contributed by atoms with Crippen LogP contribution in [0, 0.1) is 5.82 Å². The van der Waals surface area contributed by atoms with Gasteiger partial charge in [0.1, 0.15) is 5.82 Å². The Morgan fingerprint density at radius 1 is 1.13 bits per heavy atom. The number of hydrogen-bond donors (Lipinski definition) is 0. The second kappa shape index (κ2) is 6.70. The molecule has 0 radical (unpaired) electrons. The lowest BCUT2D eigenvalue weighted by molar-refractivity contribution is 0.102. The zero-order valence-electron chi connectivity index (χ0n) is 12.3. The summed E-state index contributed by atoms with van der Waals surface area (Å²) in [6.45, 7) is 0. The minimum Gasteiger partial charge on any atom is -0.305 e. The Morgan fingerprint density at radius 3 is 2.52 bits per heavy atom. The third-order valence-electron chi connectivity index (χ3n) is 3.27. The lowest BCUT2D eigenvalue weighted by Crippen LogP contribution is -2.04. The fourth-order valence-corrected chi connectivity index (χ4v) is 2.85. The number of carbonyl (C=O) groups is 1. The van der Waals surface area contributed by atoms with Crippen molar-refractivity contribution in [2.24, 2.45) is 7.05 Å². The van der Waals surface area contributed by atoms with Gasteiger partial charge in [-0.2, -0.15) is 0 Å². The Labute approximate surface area is 136 Å². The number of pyridine rings is 1. The van der Waals surface area contributed by atoms with Crippen LogP contribution in [0.4, 0.5) is 4.39 Å². The second-order valence-electron chi connectivity index (χ2n) is 4.82. The summed E-state index contributed by atoms with van der Waals surface area (Å²) in [6.07, 6.45) is 3.38. The number of rotatable bonds is 5. The van der Waals surface area contributed by atoms with Gasteiger partial charge in [-0.25, -0.2) is 4.39 Å².